The van der Waals surface area contributed by atoms with Crippen molar-refractivity contribution in [1.29, 1.82) is 0 Å². The zero-order valence-corrected chi connectivity index (χ0v) is 12.5. The lowest BCUT2D eigenvalue weighted by Gasteiger charge is -2.21. The van der Waals surface area contributed by atoms with E-state index in [0.29, 0.717) is 13.0 Å². The highest BCUT2D eigenvalue weighted by Gasteiger charge is 2.20. The molecule has 1 aromatic rings. The molecule has 0 aromatic heterocycles. The van der Waals surface area contributed by atoms with Crippen LogP contribution in [0.5, 0.6) is 0 Å². The minimum atomic E-state index is -0.334. The van der Waals surface area contributed by atoms with E-state index in [2.05, 4.69) is 18.8 Å². The summed E-state index contributed by atoms with van der Waals surface area (Å²) >= 11 is 0. The van der Waals surface area contributed by atoms with Gasteiger partial charge in [0.1, 0.15) is 6.04 Å². The van der Waals surface area contributed by atoms with Gasteiger partial charge in [-0.1, -0.05) is 49.8 Å². The minimum absolute atomic E-state index is 0.0971. The molecule has 3 heteroatoms. The summed E-state index contributed by atoms with van der Waals surface area (Å²) in [5.74, 6) is -0.193. The maximum atomic E-state index is 12.0. The van der Waals surface area contributed by atoms with Crippen molar-refractivity contribution in [2.75, 3.05) is 6.61 Å². The predicted molar refractivity (Wildman–Crippen MR) is 82.5 cm³/mol. The number of ether oxygens (including phenoxy) is 1. The Bertz CT molecular complexity index is 403. The molecule has 2 atom stereocenters. The van der Waals surface area contributed by atoms with Crippen LogP contribution >= 0.6 is 0 Å². The standard InChI is InChI=1S/C17H25NO2/c1-4-6-13-20-17(19)16(10-5-2)18-14(3)15-11-8-7-9-12-15/h5,7-9,11-12,14,16,18H,2,4,6,10,13H2,1,3H3/t14-,16-/m1/s1. The highest BCUT2D eigenvalue weighted by Crippen LogP contribution is 2.13. The second kappa shape index (κ2) is 9.32. The van der Waals surface area contributed by atoms with E-state index < -0.39 is 0 Å². The highest BCUT2D eigenvalue weighted by atomic mass is 16.5. The zero-order valence-electron chi connectivity index (χ0n) is 12.5. The first kappa shape index (κ1) is 16.4. The van der Waals surface area contributed by atoms with E-state index in [1.165, 1.54) is 0 Å². The van der Waals surface area contributed by atoms with Gasteiger partial charge in [-0.05, 0) is 25.3 Å². The summed E-state index contributed by atoms with van der Waals surface area (Å²) in [5, 5.41) is 3.32. The molecule has 0 aliphatic carbocycles. The molecule has 0 aliphatic rings. The van der Waals surface area contributed by atoms with Gasteiger partial charge < -0.3 is 4.74 Å². The van der Waals surface area contributed by atoms with Crippen LogP contribution < -0.4 is 5.32 Å². The minimum Gasteiger partial charge on any atom is -0.465 e. The van der Waals surface area contributed by atoms with Crippen molar-refractivity contribution >= 4 is 5.97 Å². The van der Waals surface area contributed by atoms with Crippen LogP contribution in [0.15, 0.2) is 43.0 Å². The first-order chi connectivity index (χ1) is 9.69. The Morgan fingerprint density at radius 1 is 1.40 bits per heavy atom. The first-order valence-corrected chi connectivity index (χ1v) is 7.27. The van der Waals surface area contributed by atoms with Crippen molar-refractivity contribution in [3.05, 3.63) is 48.6 Å². The van der Waals surface area contributed by atoms with Crippen molar-refractivity contribution < 1.29 is 9.53 Å². The smallest absolute Gasteiger partial charge is 0.323 e. The SMILES string of the molecule is C=CC[C@@H](N[C@H](C)c1ccccc1)C(=O)OCCCC. The van der Waals surface area contributed by atoms with Crippen LogP contribution in [0.4, 0.5) is 0 Å². The summed E-state index contributed by atoms with van der Waals surface area (Å²) in [6.45, 7) is 8.32. The Labute approximate surface area is 122 Å². The fourth-order valence-electron chi connectivity index (χ4n) is 1.96. The molecule has 0 saturated carbocycles. The van der Waals surface area contributed by atoms with Crippen LogP contribution in [0, 0.1) is 0 Å². The summed E-state index contributed by atoms with van der Waals surface area (Å²) < 4.78 is 5.28. The topological polar surface area (TPSA) is 38.3 Å². The first-order valence-electron chi connectivity index (χ1n) is 7.27. The monoisotopic (exact) mass is 275 g/mol. The van der Waals surface area contributed by atoms with Crippen LogP contribution in [0.2, 0.25) is 0 Å². The number of carbonyl (C=O) groups excluding carboxylic acids is 1. The molecule has 0 spiro atoms. The third-order valence-corrected chi connectivity index (χ3v) is 3.18. The second-order valence-corrected chi connectivity index (χ2v) is 4.90. The average molecular weight is 275 g/mol. The molecule has 20 heavy (non-hydrogen) atoms. The largest absolute Gasteiger partial charge is 0.465 e. The number of hydrogen-bond acceptors (Lipinski definition) is 3. The van der Waals surface area contributed by atoms with Gasteiger partial charge in [0.25, 0.3) is 0 Å². The normalized spacial score (nSPS) is 13.5. The summed E-state index contributed by atoms with van der Waals surface area (Å²) in [6.07, 6.45) is 4.24. The molecule has 0 amide bonds. The fourth-order valence-corrected chi connectivity index (χ4v) is 1.96. The Morgan fingerprint density at radius 3 is 2.70 bits per heavy atom. The van der Waals surface area contributed by atoms with E-state index >= 15 is 0 Å². The second-order valence-electron chi connectivity index (χ2n) is 4.90. The van der Waals surface area contributed by atoms with Gasteiger partial charge in [0.15, 0.2) is 0 Å². The zero-order chi connectivity index (χ0) is 14.8. The van der Waals surface area contributed by atoms with E-state index in [1.54, 1.807) is 6.08 Å². The highest BCUT2D eigenvalue weighted by molar-refractivity contribution is 5.76. The molecule has 3 nitrogen and oxygen atoms in total. The summed E-state index contributed by atoms with van der Waals surface area (Å²) in [5.41, 5.74) is 1.16. The van der Waals surface area contributed by atoms with Gasteiger partial charge in [0.2, 0.25) is 0 Å². The third kappa shape index (κ3) is 5.57. The molecule has 0 heterocycles. The van der Waals surface area contributed by atoms with Crippen molar-refractivity contribution in [1.82, 2.24) is 5.32 Å². The summed E-state index contributed by atoms with van der Waals surface area (Å²) in [4.78, 5) is 12.0. The third-order valence-electron chi connectivity index (χ3n) is 3.18. The molecule has 0 bridgehead atoms. The van der Waals surface area contributed by atoms with E-state index in [0.717, 1.165) is 18.4 Å². The van der Waals surface area contributed by atoms with Gasteiger partial charge in [-0.2, -0.15) is 0 Å². The van der Waals surface area contributed by atoms with Crippen LogP contribution in [0.3, 0.4) is 0 Å². The van der Waals surface area contributed by atoms with Crippen LogP contribution in [-0.2, 0) is 9.53 Å². The van der Waals surface area contributed by atoms with E-state index in [1.807, 2.05) is 37.3 Å². The molecular formula is C17H25NO2. The Hall–Kier alpha value is -1.61. The summed E-state index contributed by atoms with van der Waals surface area (Å²) in [6, 6.07) is 9.83. The lowest BCUT2D eigenvalue weighted by atomic mass is 10.1. The predicted octanol–water partition coefficient (Wildman–Crippen LogP) is 3.63. The Morgan fingerprint density at radius 2 is 2.10 bits per heavy atom. The lowest BCUT2D eigenvalue weighted by molar-refractivity contribution is -0.146. The molecule has 0 aliphatic heterocycles. The van der Waals surface area contributed by atoms with Crippen molar-refractivity contribution in [2.24, 2.45) is 0 Å². The molecule has 0 fully saturated rings. The molecule has 1 rings (SSSR count). The number of carbonyl (C=O) groups is 1. The van der Waals surface area contributed by atoms with Gasteiger partial charge in [0, 0.05) is 6.04 Å². The molecule has 0 saturated heterocycles. The molecule has 0 radical (unpaired) electrons. The number of esters is 1. The van der Waals surface area contributed by atoms with Crippen molar-refractivity contribution in [2.45, 2.75) is 45.2 Å². The molecule has 110 valence electrons. The van der Waals surface area contributed by atoms with E-state index in [9.17, 15) is 4.79 Å². The van der Waals surface area contributed by atoms with Crippen LogP contribution in [-0.4, -0.2) is 18.6 Å². The van der Waals surface area contributed by atoms with Crippen molar-refractivity contribution in [3.63, 3.8) is 0 Å². The van der Waals surface area contributed by atoms with Gasteiger partial charge in [-0.25, -0.2) is 0 Å². The van der Waals surface area contributed by atoms with Gasteiger partial charge >= 0.3 is 5.97 Å². The van der Waals surface area contributed by atoms with Gasteiger partial charge in [0.05, 0.1) is 6.61 Å². The van der Waals surface area contributed by atoms with Gasteiger partial charge in [-0.3, -0.25) is 10.1 Å². The van der Waals surface area contributed by atoms with Gasteiger partial charge in [-0.15, -0.1) is 6.58 Å². The van der Waals surface area contributed by atoms with Crippen LogP contribution in [0.1, 0.15) is 44.7 Å². The molecular weight excluding hydrogens is 250 g/mol. The number of benzene rings is 1. The number of hydrogen-bond donors (Lipinski definition) is 1. The maximum absolute atomic E-state index is 12.0. The number of rotatable bonds is 9. The Balaban J connectivity index is 2.57. The fraction of sp³-hybridized carbons (Fsp3) is 0.471. The molecule has 1 N–H and O–H groups in total. The quantitative estimate of drug-likeness (QED) is 0.425. The molecule has 1 aromatic carbocycles. The van der Waals surface area contributed by atoms with E-state index in [4.69, 9.17) is 4.74 Å². The number of unbranched alkanes of at least 4 members (excludes halogenated alkanes) is 1. The average Bonchev–Trinajstić information content (AvgIpc) is 2.47. The number of nitrogens with one attached hydrogen (secondary N) is 1. The Kier molecular flexibility index (Phi) is 7.66. The summed E-state index contributed by atoms with van der Waals surface area (Å²) in [7, 11) is 0. The van der Waals surface area contributed by atoms with Crippen LogP contribution in [0.25, 0.3) is 0 Å². The van der Waals surface area contributed by atoms with Crippen molar-refractivity contribution in [3.8, 4) is 0 Å². The molecule has 0 unspecified atom stereocenters. The maximum Gasteiger partial charge on any atom is 0.323 e. The lowest BCUT2D eigenvalue weighted by Crippen LogP contribution is -2.39. The van der Waals surface area contributed by atoms with E-state index in [-0.39, 0.29) is 18.1 Å².